The molecular weight excluding hydrogens is 264 g/mol. The van der Waals surface area contributed by atoms with E-state index in [2.05, 4.69) is 5.32 Å². The van der Waals surface area contributed by atoms with Crippen LogP contribution in [0.25, 0.3) is 0 Å². The maximum Gasteiger partial charge on any atom is 0.335 e. The van der Waals surface area contributed by atoms with Crippen LogP contribution in [0.5, 0.6) is 0 Å². The Balaban J connectivity index is 1.91. The monoisotopic (exact) mass is 280 g/mol. The molecule has 1 saturated heterocycles. The van der Waals surface area contributed by atoms with Gasteiger partial charge in [0.15, 0.2) is 0 Å². The Morgan fingerprint density at radius 1 is 1.53 bits per heavy atom. The molecule has 0 saturated carbocycles. The number of carboxylic acids is 1. The molecule has 102 valence electrons. The standard InChI is InChI=1S/C13H16N2O3S/c1-9-2-3-10(8-11(9)12(16)17)19-7-6-15-5-4-14-13(15)18/h2-3,8H,4-7H2,1H3,(H,14,18)(H,16,17). The summed E-state index contributed by atoms with van der Waals surface area (Å²) >= 11 is 1.56. The summed E-state index contributed by atoms with van der Waals surface area (Å²) < 4.78 is 0. The Kier molecular flexibility index (Phi) is 4.31. The molecule has 1 aliphatic heterocycles. The second-order valence-electron chi connectivity index (χ2n) is 4.35. The molecule has 1 aliphatic rings. The molecule has 0 radical (unpaired) electrons. The second-order valence-corrected chi connectivity index (χ2v) is 5.52. The number of hydrogen-bond donors (Lipinski definition) is 2. The number of thioether (sulfide) groups is 1. The molecule has 0 aliphatic carbocycles. The van der Waals surface area contributed by atoms with Gasteiger partial charge in [0.2, 0.25) is 0 Å². The fourth-order valence-electron chi connectivity index (χ4n) is 1.92. The first kappa shape index (κ1) is 13.7. The number of carbonyl (C=O) groups excluding carboxylic acids is 1. The van der Waals surface area contributed by atoms with Crippen LogP contribution in [-0.4, -0.2) is 47.4 Å². The first-order valence-corrected chi connectivity index (χ1v) is 7.06. The zero-order valence-corrected chi connectivity index (χ0v) is 11.5. The summed E-state index contributed by atoms with van der Waals surface area (Å²) in [7, 11) is 0. The summed E-state index contributed by atoms with van der Waals surface area (Å²) in [6.07, 6.45) is 0. The van der Waals surface area contributed by atoms with Crippen molar-refractivity contribution < 1.29 is 14.7 Å². The number of urea groups is 1. The SMILES string of the molecule is Cc1ccc(SCCN2CCNC2=O)cc1C(=O)O. The Labute approximate surface area is 116 Å². The van der Waals surface area contributed by atoms with Crippen LogP contribution in [0.2, 0.25) is 0 Å². The minimum atomic E-state index is -0.904. The van der Waals surface area contributed by atoms with Gasteiger partial charge in [0, 0.05) is 30.3 Å². The molecule has 0 spiro atoms. The molecule has 2 amide bonds. The Hall–Kier alpha value is -1.69. The van der Waals surface area contributed by atoms with Gasteiger partial charge in [0.25, 0.3) is 0 Å². The van der Waals surface area contributed by atoms with E-state index in [0.717, 1.165) is 22.8 Å². The highest BCUT2D eigenvalue weighted by atomic mass is 32.2. The maximum atomic E-state index is 11.3. The van der Waals surface area contributed by atoms with Gasteiger partial charge in [0.1, 0.15) is 0 Å². The van der Waals surface area contributed by atoms with E-state index in [-0.39, 0.29) is 6.03 Å². The quantitative estimate of drug-likeness (QED) is 0.807. The largest absolute Gasteiger partial charge is 0.478 e. The van der Waals surface area contributed by atoms with Crippen LogP contribution in [0.15, 0.2) is 23.1 Å². The van der Waals surface area contributed by atoms with Crippen LogP contribution in [0, 0.1) is 6.92 Å². The van der Waals surface area contributed by atoms with Gasteiger partial charge >= 0.3 is 12.0 Å². The molecule has 1 heterocycles. The van der Waals surface area contributed by atoms with Crippen LogP contribution in [0.3, 0.4) is 0 Å². The number of amides is 2. The lowest BCUT2D eigenvalue weighted by molar-refractivity contribution is 0.0696. The smallest absolute Gasteiger partial charge is 0.335 e. The maximum absolute atomic E-state index is 11.3. The van der Waals surface area contributed by atoms with Crippen LogP contribution in [0.4, 0.5) is 4.79 Å². The summed E-state index contributed by atoms with van der Waals surface area (Å²) in [5, 5.41) is 11.8. The summed E-state index contributed by atoms with van der Waals surface area (Å²) in [6, 6.07) is 5.40. The molecule has 1 aromatic rings. The number of carbonyl (C=O) groups is 2. The van der Waals surface area contributed by atoms with Gasteiger partial charge in [-0.05, 0) is 24.6 Å². The first-order chi connectivity index (χ1) is 9.08. The number of carboxylic acid groups (broad SMARTS) is 1. The van der Waals surface area contributed by atoms with E-state index in [1.54, 1.807) is 29.7 Å². The van der Waals surface area contributed by atoms with Crippen molar-refractivity contribution >= 4 is 23.8 Å². The highest BCUT2D eigenvalue weighted by molar-refractivity contribution is 7.99. The van der Waals surface area contributed by atoms with Crippen molar-refractivity contribution in [2.45, 2.75) is 11.8 Å². The Morgan fingerprint density at radius 3 is 2.95 bits per heavy atom. The third kappa shape index (κ3) is 3.41. The predicted octanol–water partition coefficient (Wildman–Crippen LogP) is 1.81. The molecule has 6 heteroatoms. The molecule has 0 atom stereocenters. The van der Waals surface area contributed by atoms with Gasteiger partial charge in [-0.25, -0.2) is 9.59 Å². The molecule has 2 N–H and O–H groups in total. The third-order valence-corrected chi connectivity index (χ3v) is 3.99. The van der Waals surface area contributed by atoms with Crippen LogP contribution >= 0.6 is 11.8 Å². The number of nitrogens with one attached hydrogen (secondary N) is 1. The topological polar surface area (TPSA) is 69.6 Å². The Morgan fingerprint density at radius 2 is 2.32 bits per heavy atom. The van der Waals surface area contributed by atoms with Gasteiger partial charge in [-0.1, -0.05) is 6.07 Å². The fraction of sp³-hybridized carbons (Fsp3) is 0.385. The van der Waals surface area contributed by atoms with Gasteiger partial charge in [-0.3, -0.25) is 0 Å². The van der Waals surface area contributed by atoms with E-state index >= 15 is 0 Å². The number of hydrogen-bond acceptors (Lipinski definition) is 3. The number of aromatic carboxylic acids is 1. The summed E-state index contributed by atoms with van der Waals surface area (Å²) in [5.74, 6) is -0.144. The fourth-order valence-corrected chi connectivity index (χ4v) is 2.83. The van der Waals surface area contributed by atoms with Crippen LogP contribution in [-0.2, 0) is 0 Å². The number of benzene rings is 1. The van der Waals surface area contributed by atoms with Gasteiger partial charge in [0.05, 0.1) is 5.56 Å². The molecule has 0 aromatic heterocycles. The second kappa shape index (κ2) is 5.97. The van der Waals surface area contributed by atoms with Crippen molar-refractivity contribution in [2.75, 3.05) is 25.4 Å². The molecule has 0 unspecified atom stereocenters. The molecular formula is C13H16N2O3S. The normalized spacial score (nSPS) is 14.6. The molecule has 5 nitrogen and oxygen atoms in total. The lowest BCUT2D eigenvalue weighted by Gasteiger charge is -2.13. The van der Waals surface area contributed by atoms with E-state index in [0.29, 0.717) is 18.7 Å². The molecule has 1 aromatic carbocycles. The van der Waals surface area contributed by atoms with E-state index in [1.165, 1.54) is 0 Å². The van der Waals surface area contributed by atoms with E-state index in [1.807, 2.05) is 12.1 Å². The third-order valence-electron chi connectivity index (χ3n) is 3.01. The minimum Gasteiger partial charge on any atom is -0.478 e. The van der Waals surface area contributed by atoms with Crippen molar-refractivity contribution in [1.29, 1.82) is 0 Å². The summed E-state index contributed by atoms with van der Waals surface area (Å²) in [4.78, 5) is 25.0. The number of nitrogens with zero attached hydrogens (tertiary/aromatic N) is 1. The zero-order chi connectivity index (χ0) is 13.8. The van der Waals surface area contributed by atoms with Gasteiger partial charge in [-0.15, -0.1) is 11.8 Å². The first-order valence-electron chi connectivity index (χ1n) is 6.07. The van der Waals surface area contributed by atoms with E-state index in [9.17, 15) is 9.59 Å². The van der Waals surface area contributed by atoms with Crippen molar-refractivity contribution in [3.05, 3.63) is 29.3 Å². The van der Waals surface area contributed by atoms with Crippen molar-refractivity contribution in [2.24, 2.45) is 0 Å². The average Bonchev–Trinajstić information content (AvgIpc) is 2.77. The zero-order valence-electron chi connectivity index (χ0n) is 10.7. The molecule has 1 fully saturated rings. The molecule has 0 bridgehead atoms. The van der Waals surface area contributed by atoms with Crippen molar-refractivity contribution in [3.63, 3.8) is 0 Å². The van der Waals surface area contributed by atoms with Crippen molar-refractivity contribution in [1.82, 2.24) is 10.2 Å². The highest BCUT2D eigenvalue weighted by Crippen LogP contribution is 2.21. The van der Waals surface area contributed by atoms with Gasteiger partial charge < -0.3 is 15.3 Å². The molecule has 19 heavy (non-hydrogen) atoms. The lowest BCUT2D eigenvalue weighted by atomic mass is 10.1. The summed E-state index contributed by atoms with van der Waals surface area (Å²) in [6.45, 7) is 3.91. The van der Waals surface area contributed by atoms with E-state index < -0.39 is 5.97 Å². The predicted molar refractivity (Wildman–Crippen MR) is 73.8 cm³/mol. The molecule has 2 rings (SSSR count). The minimum absolute atomic E-state index is 0.0178. The van der Waals surface area contributed by atoms with Crippen LogP contribution in [0.1, 0.15) is 15.9 Å². The number of aryl methyl sites for hydroxylation is 1. The van der Waals surface area contributed by atoms with Crippen LogP contribution < -0.4 is 5.32 Å². The van der Waals surface area contributed by atoms with Gasteiger partial charge in [-0.2, -0.15) is 0 Å². The highest BCUT2D eigenvalue weighted by Gasteiger charge is 2.18. The Bertz CT molecular complexity index is 505. The summed E-state index contributed by atoms with van der Waals surface area (Å²) in [5.41, 5.74) is 1.10. The average molecular weight is 280 g/mol. The number of rotatable bonds is 5. The lowest BCUT2D eigenvalue weighted by Crippen LogP contribution is -2.30. The van der Waals surface area contributed by atoms with Crippen molar-refractivity contribution in [3.8, 4) is 0 Å². The van der Waals surface area contributed by atoms with E-state index in [4.69, 9.17) is 5.11 Å².